The molecule has 0 amide bonds. The number of pyridine rings is 1. The van der Waals surface area contributed by atoms with E-state index < -0.39 is 0 Å². The highest BCUT2D eigenvalue weighted by Gasteiger charge is 2.14. The fraction of sp³-hybridized carbons (Fsp3) is 0.200. The minimum Gasteiger partial charge on any atom is -0.496 e. The summed E-state index contributed by atoms with van der Waals surface area (Å²) >= 11 is 0. The molecular weight excluding hydrogens is 226 g/mol. The molecule has 0 atom stereocenters. The van der Waals surface area contributed by atoms with Crippen LogP contribution >= 0.6 is 0 Å². The van der Waals surface area contributed by atoms with E-state index >= 15 is 0 Å². The molecule has 3 nitrogen and oxygen atoms in total. The second-order valence-electron chi connectivity index (χ2n) is 4.28. The summed E-state index contributed by atoms with van der Waals surface area (Å²) < 4.78 is 5.26. The zero-order chi connectivity index (χ0) is 13.1. The monoisotopic (exact) mass is 241 g/mol. The van der Waals surface area contributed by atoms with Gasteiger partial charge in [-0.05, 0) is 43.2 Å². The first-order chi connectivity index (χ1) is 8.61. The number of ketones is 1. The van der Waals surface area contributed by atoms with Crippen LogP contribution in [0.3, 0.4) is 0 Å². The quantitative estimate of drug-likeness (QED) is 0.775. The van der Waals surface area contributed by atoms with Gasteiger partial charge in [-0.2, -0.15) is 0 Å². The van der Waals surface area contributed by atoms with Crippen LogP contribution < -0.4 is 4.74 Å². The van der Waals surface area contributed by atoms with Crippen molar-refractivity contribution in [3.63, 3.8) is 0 Å². The van der Waals surface area contributed by atoms with E-state index in [0.29, 0.717) is 16.9 Å². The molecular formula is C15H15NO2. The lowest BCUT2D eigenvalue weighted by Gasteiger charge is -2.08. The molecule has 0 unspecified atom stereocenters. The van der Waals surface area contributed by atoms with Crippen molar-refractivity contribution in [3.8, 4) is 5.75 Å². The Hall–Kier alpha value is -2.16. The maximum absolute atomic E-state index is 12.4. The van der Waals surface area contributed by atoms with Crippen molar-refractivity contribution >= 4 is 5.78 Å². The van der Waals surface area contributed by atoms with Crippen LogP contribution in [0.15, 0.2) is 36.7 Å². The van der Waals surface area contributed by atoms with Gasteiger partial charge in [0.2, 0.25) is 0 Å². The molecule has 1 aromatic heterocycles. The molecule has 92 valence electrons. The fourth-order valence-electron chi connectivity index (χ4n) is 1.82. The maximum atomic E-state index is 12.4. The highest BCUT2D eigenvalue weighted by Crippen LogP contribution is 2.23. The first-order valence-electron chi connectivity index (χ1n) is 5.73. The van der Waals surface area contributed by atoms with E-state index in [-0.39, 0.29) is 5.78 Å². The van der Waals surface area contributed by atoms with Crippen molar-refractivity contribution in [1.82, 2.24) is 4.98 Å². The third kappa shape index (κ3) is 2.40. The van der Waals surface area contributed by atoms with Crippen LogP contribution in [0.25, 0.3) is 0 Å². The molecule has 0 saturated carbocycles. The Labute approximate surface area is 106 Å². The van der Waals surface area contributed by atoms with Crippen LogP contribution in [0, 0.1) is 13.8 Å². The molecule has 0 aliphatic carbocycles. The second-order valence-corrected chi connectivity index (χ2v) is 4.28. The molecule has 0 N–H and O–H groups in total. The predicted octanol–water partition coefficient (Wildman–Crippen LogP) is 2.94. The molecule has 0 aliphatic heterocycles. The molecule has 1 aromatic carbocycles. The van der Waals surface area contributed by atoms with Crippen LogP contribution in [0.2, 0.25) is 0 Å². The van der Waals surface area contributed by atoms with E-state index in [9.17, 15) is 4.79 Å². The fourth-order valence-corrected chi connectivity index (χ4v) is 1.82. The SMILES string of the molecule is COc1cc(C)ccc1C(=O)c1cncc(C)c1. The number of nitrogens with zero attached hydrogens (tertiary/aromatic N) is 1. The van der Waals surface area contributed by atoms with E-state index in [4.69, 9.17) is 4.74 Å². The van der Waals surface area contributed by atoms with E-state index in [1.54, 1.807) is 25.6 Å². The van der Waals surface area contributed by atoms with Crippen LogP contribution in [0.4, 0.5) is 0 Å². The number of rotatable bonds is 3. The van der Waals surface area contributed by atoms with Gasteiger partial charge in [0.15, 0.2) is 5.78 Å². The Bertz CT molecular complexity index is 591. The van der Waals surface area contributed by atoms with Crippen LogP contribution in [0.5, 0.6) is 5.75 Å². The topological polar surface area (TPSA) is 39.2 Å². The number of ether oxygens (including phenoxy) is 1. The summed E-state index contributed by atoms with van der Waals surface area (Å²) in [7, 11) is 1.57. The molecule has 2 rings (SSSR count). The molecule has 0 radical (unpaired) electrons. The van der Waals surface area contributed by atoms with Crippen molar-refractivity contribution < 1.29 is 9.53 Å². The lowest BCUT2D eigenvalue weighted by atomic mass is 10.0. The third-order valence-electron chi connectivity index (χ3n) is 2.74. The molecule has 3 heteroatoms. The maximum Gasteiger partial charge on any atom is 0.198 e. The minimum atomic E-state index is -0.0666. The lowest BCUT2D eigenvalue weighted by molar-refractivity contribution is 0.103. The first-order valence-corrected chi connectivity index (χ1v) is 5.73. The molecule has 2 aromatic rings. The first kappa shape index (κ1) is 12.3. The van der Waals surface area contributed by atoms with E-state index in [1.807, 2.05) is 32.0 Å². The van der Waals surface area contributed by atoms with Crippen LogP contribution in [-0.2, 0) is 0 Å². The summed E-state index contributed by atoms with van der Waals surface area (Å²) in [5.41, 5.74) is 3.17. The van der Waals surface area contributed by atoms with Gasteiger partial charge in [0.05, 0.1) is 12.7 Å². The van der Waals surface area contributed by atoms with E-state index in [0.717, 1.165) is 11.1 Å². The van der Waals surface area contributed by atoms with Gasteiger partial charge in [-0.15, -0.1) is 0 Å². The number of hydrogen-bond acceptors (Lipinski definition) is 3. The van der Waals surface area contributed by atoms with Gasteiger partial charge in [-0.1, -0.05) is 6.07 Å². The highest BCUT2D eigenvalue weighted by molar-refractivity contribution is 6.10. The molecule has 0 saturated heterocycles. The van der Waals surface area contributed by atoms with E-state index in [2.05, 4.69) is 4.98 Å². The van der Waals surface area contributed by atoms with Gasteiger partial charge in [0.1, 0.15) is 5.75 Å². The Kier molecular flexibility index (Phi) is 3.42. The zero-order valence-electron chi connectivity index (χ0n) is 10.7. The van der Waals surface area contributed by atoms with Gasteiger partial charge >= 0.3 is 0 Å². The predicted molar refractivity (Wildman–Crippen MR) is 70.1 cm³/mol. The largest absolute Gasteiger partial charge is 0.496 e. The summed E-state index contributed by atoms with van der Waals surface area (Å²) in [5.74, 6) is 0.532. The Balaban J connectivity index is 2.46. The van der Waals surface area contributed by atoms with E-state index in [1.165, 1.54) is 0 Å². The van der Waals surface area contributed by atoms with Crippen molar-refractivity contribution in [2.24, 2.45) is 0 Å². The Morgan fingerprint density at radius 2 is 1.89 bits per heavy atom. The summed E-state index contributed by atoms with van der Waals surface area (Å²) in [5, 5.41) is 0. The van der Waals surface area contributed by atoms with Crippen molar-refractivity contribution in [2.75, 3.05) is 7.11 Å². The average molecular weight is 241 g/mol. The number of carbonyl (C=O) groups is 1. The van der Waals surface area contributed by atoms with Crippen molar-refractivity contribution in [1.29, 1.82) is 0 Å². The van der Waals surface area contributed by atoms with Crippen LogP contribution in [0.1, 0.15) is 27.0 Å². The van der Waals surface area contributed by atoms with Gasteiger partial charge < -0.3 is 4.74 Å². The molecule has 0 aliphatic rings. The van der Waals surface area contributed by atoms with Gasteiger partial charge in [0.25, 0.3) is 0 Å². The van der Waals surface area contributed by atoms with Crippen molar-refractivity contribution in [3.05, 3.63) is 58.9 Å². The average Bonchev–Trinajstić information content (AvgIpc) is 2.37. The second kappa shape index (κ2) is 5.00. The Morgan fingerprint density at radius 1 is 1.11 bits per heavy atom. The summed E-state index contributed by atoms with van der Waals surface area (Å²) in [6.45, 7) is 3.88. The minimum absolute atomic E-state index is 0.0666. The normalized spacial score (nSPS) is 10.2. The highest BCUT2D eigenvalue weighted by atomic mass is 16.5. The Morgan fingerprint density at radius 3 is 2.56 bits per heavy atom. The zero-order valence-corrected chi connectivity index (χ0v) is 10.7. The number of aromatic nitrogens is 1. The van der Waals surface area contributed by atoms with Crippen molar-refractivity contribution in [2.45, 2.75) is 13.8 Å². The molecule has 1 heterocycles. The van der Waals surface area contributed by atoms with Gasteiger partial charge in [-0.3, -0.25) is 9.78 Å². The number of aryl methyl sites for hydroxylation is 2. The smallest absolute Gasteiger partial charge is 0.198 e. The number of benzene rings is 1. The molecule has 18 heavy (non-hydrogen) atoms. The van der Waals surface area contributed by atoms with Crippen LogP contribution in [-0.4, -0.2) is 17.9 Å². The lowest BCUT2D eigenvalue weighted by Crippen LogP contribution is -2.05. The van der Waals surface area contributed by atoms with Gasteiger partial charge in [-0.25, -0.2) is 0 Å². The summed E-state index contributed by atoms with van der Waals surface area (Å²) in [6.07, 6.45) is 3.30. The summed E-state index contributed by atoms with van der Waals surface area (Å²) in [4.78, 5) is 16.4. The summed E-state index contributed by atoms with van der Waals surface area (Å²) in [6, 6.07) is 7.38. The molecule has 0 spiro atoms. The number of methoxy groups -OCH3 is 1. The third-order valence-corrected chi connectivity index (χ3v) is 2.74. The molecule has 0 fully saturated rings. The van der Waals surface area contributed by atoms with Gasteiger partial charge in [0, 0.05) is 18.0 Å². The number of carbonyl (C=O) groups excluding carboxylic acids is 1. The standard InChI is InChI=1S/C15H15NO2/c1-10-4-5-13(14(7-10)18-3)15(17)12-6-11(2)8-16-9-12/h4-9H,1-3H3. The number of hydrogen-bond donors (Lipinski definition) is 0. The molecule has 0 bridgehead atoms.